The highest BCUT2D eigenvalue weighted by Crippen LogP contribution is 2.32. The van der Waals surface area contributed by atoms with Crippen LogP contribution >= 0.6 is 0 Å². The van der Waals surface area contributed by atoms with Gasteiger partial charge in [-0.2, -0.15) is 18.4 Å². The predicted octanol–water partition coefficient (Wildman–Crippen LogP) is 2.34. The van der Waals surface area contributed by atoms with Crippen LogP contribution in [0.5, 0.6) is 0 Å². The summed E-state index contributed by atoms with van der Waals surface area (Å²) in [5, 5.41) is 18.7. The third-order valence-corrected chi connectivity index (χ3v) is 1.97. The van der Waals surface area contributed by atoms with Gasteiger partial charge in [0, 0.05) is 6.54 Å². The van der Waals surface area contributed by atoms with Crippen molar-refractivity contribution >= 4 is 6.09 Å². The van der Waals surface area contributed by atoms with Crippen molar-refractivity contribution in [2.75, 3.05) is 0 Å². The fraction of sp³-hybridized carbons (Fsp3) is 0.200. The minimum absolute atomic E-state index is 0.0418. The van der Waals surface area contributed by atoms with E-state index in [1.165, 1.54) is 0 Å². The van der Waals surface area contributed by atoms with Crippen molar-refractivity contribution in [3.63, 3.8) is 0 Å². The van der Waals surface area contributed by atoms with Gasteiger partial charge in [0.15, 0.2) is 0 Å². The molecule has 7 heteroatoms. The maximum Gasteiger partial charge on any atom is 0.416 e. The highest BCUT2D eigenvalue weighted by atomic mass is 19.4. The zero-order valence-electron chi connectivity index (χ0n) is 8.38. The molecule has 0 unspecified atom stereocenters. The van der Waals surface area contributed by atoms with Crippen LogP contribution in [-0.4, -0.2) is 11.2 Å². The minimum atomic E-state index is -4.58. The van der Waals surface area contributed by atoms with Crippen molar-refractivity contribution in [2.45, 2.75) is 12.7 Å². The molecule has 1 amide bonds. The normalized spacial score (nSPS) is 10.7. The van der Waals surface area contributed by atoms with Crippen LogP contribution in [-0.2, 0) is 12.7 Å². The SMILES string of the molecule is N#Cc1ccc(C(F)(F)F)c(CNC(=O)O)c1. The van der Waals surface area contributed by atoms with Gasteiger partial charge < -0.3 is 10.4 Å². The van der Waals surface area contributed by atoms with E-state index in [2.05, 4.69) is 0 Å². The molecule has 1 rings (SSSR count). The number of alkyl halides is 3. The van der Waals surface area contributed by atoms with Crippen LogP contribution in [0.4, 0.5) is 18.0 Å². The van der Waals surface area contributed by atoms with Crippen molar-refractivity contribution in [1.82, 2.24) is 5.32 Å². The Kier molecular flexibility index (Phi) is 3.58. The van der Waals surface area contributed by atoms with Gasteiger partial charge in [0.1, 0.15) is 0 Å². The van der Waals surface area contributed by atoms with Gasteiger partial charge in [-0.15, -0.1) is 0 Å². The van der Waals surface area contributed by atoms with E-state index in [1.54, 1.807) is 6.07 Å². The molecule has 0 saturated heterocycles. The standard InChI is InChI=1S/C10H7F3N2O2/c11-10(12,13)8-2-1-6(4-14)3-7(8)5-15-9(16)17/h1-3,15H,5H2,(H,16,17). The minimum Gasteiger partial charge on any atom is -0.465 e. The smallest absolute Gasteiger partial charge is 0.416 e. The number of amides is 1. The average Bonchev–Trinajstić information content (AvgIpc) is 2.24. The van der Waals surface area contributed by atoms with E-state index in [9.17, 15) is 18.0 Å². The van der Waals surface area contributed by atoms with Gasteiger partial charge in [0.2, 0.25) is 0 Å². The quantitative estimate of drug-likeness (QED) is 0.838. The molecule has 0 spiro atoms. The number of nitrogens with one attached hydrogen (secondary N) is 1. The van der Waals surface area contributed by atoms with Gasteiger partial charge in [-0.3, -0.25) is 0 Å². The first-order valence-electron chi connectivity index (χ1n) is 4.41. The number of nitriles is 1. The topological polar surface area (TPSA) is 73.1 Å². The summed E-state index contributed by atoms with van der Waals surface area (Å²) in [6, 6.07) is 4.50. The molecular formula is C10H7F3N2O2. The highest BCUT2D eigenvalue weighted by Gasteiger charge is 2.33. The molecule has 0 aromatic heterocycles. The number of carbonyl (C=O) groups is 1. The molecule has 0 aliphatic carbocycles. The molecule has 1 aromatic rings. The van der Waals surface area contributed by atoms with E-state index in [1.807, 2.05) is 5.32 Å². The predicted molar refractivity (Wildman–Crippen MR) is 51.0 cm³/mol. The Morgan fingerprint density at radius 3 is 2.59 bits per heavy atom. The largest absolute Gasteiger partial charge is 0.465 e. The molecule has 0 aliphatic rings. The zero-order valence-corrected chi connectivity index (χ0v) is 8.38. The second kappa shape index (κ2) is 4.74. The number of hydrogen-bond donors (Lipinski definition) is 2. The molecule has 0 saturated carbocycles. The Hall–Kier alpha value is -2.23. The van der Waals surface area contributed by atoms with Crippen LogP contribution in [0.25, 0.3) is 0 Å². The summed E-state index contributed by atoms with van der Waals surface area (Å²) in [5.41, 5.74) is -1.19. The Morgan fingerprint density at radius 1 is 1.47 bits per heavy atom. The first-order valence-corrected chi connectivity index (χ1v) is 4.41. The molecule has 90 valence electrons. The van der Waals surface area contributed by atoms with Crippen molar-refractivity contribution in [3.05, 3.63) is 34.9 Å². The molecule has 0 radical (unpaired) electrons. The summed E-state index contributed by atoms with van der Waals surface area (Å²) in [6.45, 7) is -0.500. The van der Waals surface area contributed by atoms with Crippen LogP contribution in [0.15, 0.2) is 18.2 Å². The van der Waals surface area contributed by atoms with Crippen molar-refractivity contribution < 1.29 is 23.1 Å². The Morgan fingerprint density at radius 2 is 2.12 bits per heavy atom. The first-order chi connectivity index (χ1) is 7.84. The van der Waals surface area contributed by atoms with Crippen LogP contribution in [0.2, 0.25) is 0 Å². The molecule has 17 heavy (non-hydrogen) atoms. The van der Waals surface area contributed by atoms with Crippen LogP contribution < -0.4 is 5.32 Å². The maximum absolute atomic E-state index is 12.6. The molecule has 0 atom stereocenters. The molecule has 4 nitrogen and oxygen atoms in total. The van der Waals surface area contributed by atoms with Crippen molar-refractivity contribution in [1.29, 1.82) is 5.26 Å². The van der Waals surface area contributed by atoms with E-state index >= 15 is 0 Å². The molecule has 1 aromatic carbocycles. The van der Waals surface area contributed by atoms with Gasteiger partial charge in [0.05, 0.1) is 17.2 Å². The second-order valence-electron chi connectivity index (χ2n) is 3.14. The van der Waals surface area contributed by atoms with E-state index in [-0.39, 0.29) is 11.1 Å². The van der Waals surface area contributed by atoms with Gasteiger partial charge in [-0.05, 0) is 23.8 Å². The Balaban J connectivity index is 3.13. The Bertz CT molecular complexity index is 477. The van der Waals surface area contributed by atoms with Gasteiger partial charge in [-0.1, -0.05) is 0 Å². The summed E-state index contributed by atoms with van der Waals surface area (Å²) < 4.78 is 37.7. The molecule has 0 fully saturated rings. The maximum atomic E-state index is 12.6. The van der Waals surface area contributed by atoms with Crippen LogP contribution in [0.3, 0.4) is 0 Å². The van der Waals surface area contributed by atoms with Crippen LogP contribution in [0.1, 0.15) is 16.7 Å². The lowest BCUT2D eigenvalue weighted by Gasteiger charge is -2.12. The fourth-order valence-corrected chi connectivity index (χ4v) is 1.26. The molecule has 2 N–H and O–H groups in total. The highest BCUT2D eigenvalue weighted by molar-refractivity contribution is 5.64. The third kappa shape index (κ3) is 3.38. The fourth-order valence-electron chi connectivity index (χ4n) is 1.26. The summed E-state index contributed by atoms with van der Waals surface area (Å²) in [6.07, 6.45) is -6.01. The first kappa shape index (κ1) is 12.8. The number of hydrogen-bond acceptors (Lipinski definition) is 2. The van der Waals surface area contributed by atoms with Gasteiger partial charge in [-0.25, -0.2) is 4.79 Å². The summed E-state index contributed by atoms with van der Waals surface area (Å²) in [7, 11) is 0. The van der Waals surface area contributed by atoms with E-state index in [0.29, 0.717) is 0 Å². The number of nitrogens with zero attached hydrogens (tertiary/aromatic N) is 1. The number of carboxylic acid groups (broad SMARTS) is 1. The molecule has 0 aliphatic heterocycles. The lowest BCUT2D eigenvalue weighted by atomic mass is 10.0. The summed E-state index contributed by atoms with van der Waals surface area (Å²) in [4.78, 5) is 10.2. The Labute approximate surface area is 94.3 Å². The monoisotopic (exact) mass is 244 g/mol. The lowest BCUT2D eigenvalue weighted by Crippen LogP contribution is -2.22. The van der Waals surface area contributed by atoms with Gasteiger partial charge in [0.25, 0.3) is 0 Å². The zero-order chi connectivity index (χ0) is 13.1. The van der Waals surface area contributed by atoms with E-state index < -0.39 is 24.4 Å². The number of benzene rings is 1. The van der Waals surface area contributed by atoms with E-state index in [4.69, 9.17) is 10.4 Å². The lowest BCUT2D eigenvalue weighted by molar-refractivity contribution is -0.138. The average molecular weight is 244 g/mol. The summed E-state index contributed by atoms with van der Waals surface area (Å²) in [5.74, 6) is 0. The van der Waals surface area contributed by atoms with Crippen LogP contribution in [0, 0.1) is 11.3 Å². The van der Waals surface area contributed by atoms with Crippen molar-refractivity contribution in [2.24, 2.45) is 0 Å². The van der Waals surface area contributed by atoms with Crippen molar-refractivity contribution in [3.8, 4) is 6.07 Å². The third-order valence-electron chi connectivity index (χ3n) is 1.97. The number of rotatable bonds is 2. The van der Waals surface area contributed by atoms with E-state index in [0.717, 1.165) is 18.2 Å². The van der Waals surface area contributed by atoms with Gasteiger partial charge >= 0.3 is 12.3 Å². The number of halogens is 3. The molecular weight excluding hydrogens is 237 g/mol. The molecule has 0 bridgehead atoms. The summed E-state index contributed by atoms with van der Waals surface area (Å²) >= 11 is 0. The molecule has 0 heterocycles. The second-order valence-corrected chi connectivity index (χ2v) is 3.14.